The molecule has 164 valence electrons. The molecule has 1 amide bonds. The van der Waals surface area contributed by atoms with Crippen LogP contribution in [-0.2, 0) is 25.7 Å². The lowest BCUT2D eigenvalue weighted by atomic mass is 9.85. The molecule has 1 N–H and O–H groups in total. The molecule has 8 heteroatoms. The minimum Gasteiger partial charge on any atom is -0.463 e. The summed E-state index contributed by atoms with van der Waals surface area (Å²) in [5, 5.41) is 2.64. The van der Waals surface area contributed by atoms with Gasteiger partial charge in [-0.3, -0.25) is 19.9 Å². The summed E-state index contributed by atoms with van der Waals surface area (Å²) < 4.78 is 15.6. The van der Waals surface area contributed by atoms with E-state index < -0.39 is 12.1 Å². The van der Waals surface area contributed by atoms with Gasteiger partial charge in [0.1, 0.15) is 18.5 Å². The number of ether oxygens (including phenoxy) is 3. The van der Waals surface area contributed by atoms with Gasteiger partial charge in [0.25, 0.3) is 0 Å². The first kappa shape index (κ1) is 22.3. The maximum atomic E-state index is 12.1. The van der Waals surface area contributed by atoms with E-state index in [9.17, 15) is 14.4 Å². The molecule has 1 fully saturated rings. The fraction of sp³-hybridized carbons (Fsp3) is 0.391. The lowest BCUT2D eigenvalue weighted by Gasteiger charge is -2.27. The summed E-state index contributed by atoms with van der Waals surface area (Å²) in [6.07, 6.45) is 4.43. The molecule has 3 rings (SSSR count). The van der Waals surface area contributed by atoms with E-state index in [0.29, 0.717) is 22.9 Å². The van der Waals surface area contributed by atoms with Crippen LogP contribution in [0.5, 0.6) is 5.75 Å². The lowest BCUT2D eigenvalue weighted by molar-refractivity contribution is -0.147. The van der Waals surface area contributed by atoms with E-state index in [2.05, 4.69) is 10.3 Å². The summed E-state index contributed by atoms with van der Waals surface area (Å²) in [6.45, 7) is 2.71. The third kappa shape index (κ3) is 6.80. The van der Waals surface area contributed by atoms with E-state index in [1.165, 1.54) is 13.8 Å². The van der Waals surface area contributed by atoms with Crippen LogP contribution >= 0.6 is 0 Å². The normalized spacial score (nSPS) is 18.0. The van der Waals surface area contributed by atoms with Crippen molar-refractivity contribution in [3.8, 4) is 5.75 Å². The Morgan fingerprint density at radius 1 is 1.00 bits per heavy atom. The molecule has 1 aliphatic carbocycles. The number of anilines is 1. The second-order valence-corrected chi connectivity index (χ2v) is 7.46. The van der Waals surface area contributed by atoms with Gasteiger partial charge in [-0.05, 0) is 43.9 Å². The standard InChI is InChI=1S/C23H26N2O6/c1-15(26)30-20-10-7-17(8-11-20)21-12-9-19(13-24-21)25-23(28)29-14-18-5-3-4-6-22(18)31-16(2)27/h3-6,9,12-13,17,20H,7-8,10-11,14H2,1-2H3,(H,25,28). The molecule has 1 aromatic heterocycles. The van der Waals surface area contributed by atoms with Crippen LogP contribution in [0, 0.1) is 0 Å². The third-order valence-corrected chi connectivity index (χ3v) is 5.04. The molecule has 1 saturated carbocycles. The number of rotatable bonds is 6. The molecule has 2 aromatic rings. The van der Waals surface area contributed by atoms with Crippen molar-refractivity contribution in [2.24, 2.45) is 0 Å². The predicted molar refractivity (Wildman–Crippen MR) is 113 cm³/mol. The van der Waals surface area contributed by atoms with Crippen LogP contribution in [0.1, 0.15) is 56.7 Å². The van der Waals surface area contributed by atoms with Crippen molar-refractivity contribution in [1.29, 1.82) is 0 Å². The first-order chi connectivity index (χ1) is 14.9. The minimum atomic E-state index is -0.630. The zero-order valence-corrected chi connectivity index (χ0v) is 17.6. The van der Waals surface area contributed by atoms with E-state index in [1.807, 2.05) is 6.07 Å². The SMILES string of the molecule is CC(=O)Oc1ccccc1COC(=O)Nc1ccc(C2CCC(OC(C)=O)CC2)nc1. The summed E-state index contributed by atoms with van der Waals surface area (Å²) in [4.78, 5) is 38.8. The second-order valence-electron chi connectivity index (χ2n) is 7.46. The first-order valence-corrected chi connectivity index (χ1v) is 10.2. The van der Waals surface area contributed by atoms with Crippen molar-refractivity contribution in [1.82, 2.24) is 4.98 Å². The number of nitrogens with zero attached hydrogens (tertiary/aromatic N) is 1. The van der Waals surface area contributed by atoms with E-state index in [-0.39, 0.29) is 18.7 Å². The van der Waals surface area contributed by atoms with Gasteiger partial charge >= 0.3 is 18.0 Å². The maximum Gasteiger partial charge on any atom is 0.412 e. The number of carbonyl (C=O) groups is 3. The molecule has 0 atom stereocenters. The first-order valence-electron chi connectivity index (χ1n) is 10.2. The molecular formula is C23H26N2O6. The predicted octanol–water partition coefficient (Wildman–Crippen LogP) is 4.34. The Kier molecular flexibility index (Phi) is 7.59. The highest BCUT2D eigenvalue weighted by Gasteiger charge is 2.25. The zero-order valence-electron chi connectivity index (χ0n) is 17.6. The summed E-state index contributed by atoms with van der Waals surface area (Å²) in [7, 11) is 0. The van der Waals surface area contributed by atoms with Gasteiger partial charge in [-0.15, -0.1) is 0 Å². The van der Waals surface area contributed by atoms with Crippen molar-refractivity contribution in [2.75, 3.05) is 5.32 Å². The number of aromatic nitrogens is 1. The molecule has 0 saturated heterocycles. The Morgan fingerprint density at radius 3 is 2.39 bits per heavy atom. The molecule has 0 bridgehead atoms. The molecule has 31 heavy (non-hydrogen) atoms. The van der Waals surface area contributed by atoms with Crippen molar-refractivity contribution in [2.45, 2.75) is 58.2 Å². The number of para-hydroxylation sites is 1. The Labute approximate surface area is 180 Å². The summed E-state index contributed by atoms with van der Waals surface area (Å²) in [6, 6.07) is 10.5. The van der Waals surface area contributed by atoms with Crippen LogP contribution in [0.2, 0.25) is 0 Å². The number of carbonyl (C=O) groups excluding carboxylic acids is 3. The van der Waals surface area contributed by atoms with E-state index >= 15 is 0 Å². The average molecular weight is 426 g/mol. The monoisotopic (exact) mass is 426 g/mol. The number of esters is 2. The van der Waals surface area contributed by atoms with Crippen LogP contribution in [-0.4, -0.2) is 29.1 Å². The van der Waals surface area contributed by atoms with Crippen LogP contribution in [0.15, 0.2) is 42.6 Å². The van der Waals surface area contributed by atoms with Crippen LogP contribution < -0.4 is 10.1 Å². The van der Waals surface area contributed by atoms with Crippen LogP contribution in [0.25, 0.3) is 0 Å². The smallest absolute Gasteiger partial charge is 0.412 e. The van der Waals surface area contributed by atoms with Gasteiger partial charge in [0.2, 0.25) is 0 Å². The van der Waals surface area contributed by atoms with E-state index in [1.54, 1.807) is 36.5 Å². The minimum absolute atomic E-state index is 0.00422. The van der Waals surface area contributed by atoms with Crippen molar-refractivity contribution >= 4 is 23.7 Å². The fourth-order valence-corrected chi connectivity index (χ4v) is 3.61. The zero-order chi connectivity index (χ0) is 22.2. The lowest BCUT2D eigenvalue weighted by Crippen LogP contribution is -2.23. The Balaban J connectivity index is 1.48. The summed E-state index contributed by atoms with van der Waals surface area (Å²) in [5.74, 6) is -0.00971. The molecule has 8 nitrogen and oxygen atoms in total. The van der Waals surface area contributed by atoms with Crippen LogP contribution in [0.4, 0.5) is 10.5 Å². The highest BCUT2D eigenvalue weighted by Crippen LogP contribution is 2.33. The molecule has 0 aliphatic heterocycles. The van der Waals surface area contributed by atoms with Crippen molar-refractivity contribution in [3.63, 3.8) is 0 Å². The number of amides is 1. The summed E-state index contributed by atoms with van der Waals surface area (Å²) in [5.41, 5.74) is 2.07. The second kappa shape index (κ2) is 10.6. The number of pyridine rings is 1. The third-order valence-electron chi connectivity index (χ3n) is 5.04. The van der Waals surface area contributed by atoms with Crippen molar-refractivity contribution < 1.29 is 28.6 Å². The molecule has 1 aliphatic rings. The van der Waals surface area contributed by atoms with Gasteiger partial charge in [-0.1, -0.05) is 18.2 Å². The molecule has 0 spiro atoms. The van der Waals surface area contributed by atoms with Gasteiger partial charge in [0.05, 0.1) is 11.9 Å². The fourth-order valence-electron chi connectivity index (χ4n) is 3.61. The van der Waals surface area contributed by atoms with Gasteiger partial charge in [-0.25, -0.2) is 4.79 Å². The quantitative estimate of drug-likeness (QED) is 0.541. The number of hydrogen-bond donors (Lipinski definition) is 1. The van der Waals surface area contributed by atoms with E-state index in [0.717, 1.165) is 31.4 Å². The van der Waals surface area contributed by atoms with Gasteiger partial charge in [-0.2, -0.15) is 0 Å². The molecule has 1 heterocycles. The maximum absolute atomic E-state index is 12.1. The Morgan fingerprint density at radius 2 is 1.74 bits per heavy atom. The average Bonchev–Trinajstić information content (AvgIpc) is 2.73. The van der Waals surface area contributed by atoms with Gasteiger partial charge in [0.15, 0.2) is 0 Å². The Hall–Kier alpha value is -3.42. The van der Waals surface area contributed by atoms with Crippen LogP contribution in [0.3, 0.4) is 0 Å². The van der Waals surface area contributed by atoms with E-state index in [4.69, 9.17) is 14.2 Å². The highest BCUT2D eigenvalue weighted by molar-refractivity contribution is 5.84. The topological polar surface area (TPSA) is 104 Å². The molecular weight excluding hydrogens is 400 g/mol. The van der Waals surface area contributed by atoms with Gasteiger partial charge < -0.3 is 14.2 Å². The summed E-state index contributed by atoms with van der Waals surface area (Å²) >= 11 is 0. The molecule has 1 aromatic carbocycles. The number of nitrogens with one attached hydrogen (secondary N) is 1. The number of benzene rings is 1. The van der Waals surface area contributed by atoms with Gasteiger partial charge in [0, 0.05) is 31.0 Å². The molecule has 0 unspecified atom stereocenters. The molecule has 0 radical (unpaired) electrons. The Bertz CT molecular complexity index is 920. The number of hydrogen-bond acceptors (Lipinski definition) is 7. The van der Waals surface area contributed by atoms with Crippen molar-refractivity contribution in [3.05, 3.63) is 53.9 Å². The highest BCUT2D eigenvalue weighted by atomic mass is 16.6. The largest absolute Gasteiger partial charge is 0.463 e.